The fourth-order valence-corrected chi connectivity index (χ4v) is 4.39. The van der Waals surface area contributed by atoms with Crippen molar-refractivity contribution in [2.24, 2.45) is 0 Å². The average molecular weight is 299 g/mol. The van der Waals surface area contributed by atoms with Crippen molar-refractivity contribution in [2.75, 3.05) is 0 Å². The Bertz CT molecular complexity index is 635. The quantitative estimate of drug-likeness (QED) is 0.783. The number of rotatable bonds is 3. The Balaban J connectivity index is 2.59. The number of aromatic nitrogens is 2. The van der Waals surface area contributed by atoms with Crippen LogP contribution in [0.3, 0.4) is 0 Å². The van der Waals surface area contributed by atoms with Gasteiger partial charge in [0.05, 0.1) is 13.8 Å². The van der Waals surface area contributed by atoms with Gasteiger partial charge in [-0.1, -0.05) is 33.5 Å². The van der Waals surface area contributed by atoms with Gasteiger partial charge in [-0.05, 0) is 48.7 Å². The summed E-state index contributed by atoms with van der Waals surface area (Å²) in [6, 6.07) is 6.52. The first-order valence-corrected chi connectivity index (χ1v) is 11.1. The molecular weight excluding hydrogens is 272 g/mol. The van der Waals surface area contributed by atoms with Crippen LogP contribution in [0.15, 0.2) is 24.4 Å². The molecule has 21 heavy (non-hydrogen) atoms. The molecule has 0 unspecified atom stereocenters. The first-order valence-electron chi connectivity index (χ1n) is 7.64. The highest BCUT2D eigenvalue weighted by Gasteiger charge is 2.22. The summed E-state index contributed by atoms with van der Waals surface area (Å²) >= 11 is 0. The van der Waals surface area contributed by atoms with Crippen LogP contribution in [0, 0.1) is 13.8 Å². The minimum absolute atomic E-state index is 0.525. The molecule has 0 aliphatic heterocycles. The Kier molecular flexibility index (Phi) is 4.33. The minimum atomic E-state index is -1.36. The van der Waals surface area contributed by atoms with E-state index in [2.05, 4.69) is 62.9 Å². The van der Waals surface area contributed by atoms with Gasteiger partial charge < -0.3 is 0 Å². The van der Waals surface area contributed by atoms with Gasteiger partial charge in [0, 0.05) is 23.1 Å². The summed E-state index contributed by atoms with van der Waals surface area (Å²) in [7, 11) is -1.36. The van der Waals surface area contributed by atoms with Crippen molar-refractivity contribution >= 4 is 13.3 Å². The zero-order chi connectivity index (χ0) is 15.8. The van der Waals surface area contributed by atoms with E-state index in [1.54, 1.807) is 0 Å². The third kappa shape index (κ3) is 3.59. The van der Waals surface area contributed by atoms with Crippen molar-refractivity contribution in [3.8, 4) is 11.3 Å². The average Bonchev–Trinajstić information content (AvgIpc) is 2.35. The van der Waals surface area contributed by atoms with Crippen LogP contribution in [0.5, 0.6) is 0 Å². The highest BCUT2D eigenvalue weighted by molar-refractivity contribution is 6.89. The Hall–Kier alpha value is -1.48. The molecule has 0 atom stereocenters. The van der Waals surface area contributed by atoms with E-state index in [0.717, 1.165) is 17.1 Å². The molecule has 2 aromatic rings. The smallest absolute Gasteiger partial charge is 0.0799 e. The zero-order valence-electron chi connectivity index (χ0n) is 14.3. The lowest BCUT2D eigenvalue weighted by atomic mass is 10.0. The Morgan fingerprint density at radius 2 is 1.52 bits per heavy atom. The second kappa shape index (κ2) is 5.72. The molecule has 2 heterocycles. The van der Waals surface area contributed by atoms with Crippen molar-refractivity contribution in [3.05, 3.63) is 41.3 Å². The molecule has 2 rings (SSSR count). The molecule has 0 fully saturated rings. The SMILES string of the molecule is Cc1cc(-c2cc(C(C)C)c([Si](C)(C)C)cn2)cc(C)n1. The Morgan fingerprint density at radius 3 is 2.00 bits per heavy atom. The van der Waals surface area contributed by atoms with Gasteiger partial charge in [-0.2, -0.15) is 0 Å². The third-order valence-electron chi connectivity index (χ3n) is 3.74. The zero-order valence-corrected chi connectivity index (χ0v) is 15.3. The lowest BCUT2D eigenvalue weighted by molar-refractivity contribution is 0.869. The molecule has 0 spiro atoms. The maximum Gasteiger partial charge on any atom is 0.0799 e. The number of pyridine rings is 2. The van der Waals surface area contributed by atoms with Crippen molar-refractivity contribution < 1.29 is 0 Å². The minimum Gasteiger partial charge on any atom is -0.258 e. The molecule has 0 aliphatic rings. The van der Waals surface area contributed by atoms with Crippen LogP contribution in [-0.2, 0) is 0 Å². The molecule has 0 aromatic carbocycles. The lowest BCUT2D eigenvalue weighted by Gasteiger charge is -2.23. The normalized spacial score (nSPS) is 12.0. The highest BCUT2D eigenvalue weighted by Crippen LogP contribution is 2.23. The molecular formula is C18H26N2Si. The molecule has 0 N–H and O–H groups in total. The molecule has 0 bridgehead atoms. The topological polar surface area (TPSA) is 25.8 Å². The van der Waals surface area contributed by atoms with Gasteiger partial charge in [0.1, 0.15) is 0 Å². The van der Waals surface area contributed by atoms with Gasteiger partial charge in [0.15, 0.2) is 0 Å². The van der Waals surface area contributed by atoms with E-state index in [-0.39, 0.29) is 0 Å². The number of hydrogen-bond donors (Lipinski definition) is 0. The second-order valence-corrected chi connectivity index (χ2v) is 12.2. The summed E-state index contributed by atoms with van der Waals surface area (Å²) in [5, 5.41) is 1.48. The predicted octanol–water partition coefficient (Wildman–Crippen LogP) is 4.43. The predicted molar refractivity (Wildman–Crippen MR) is 94.0 cm³/mol. The van der Waals surface area contributed by atoms with Crippen molar-refractivity contribution in [1.29, 1.82) is 0 Å². The molecule has 0 saturated carbocycles. The fraction of sp³-hybridized carbons (Fsp3) is 0.444. The summed E-state index contributed by atoms with van der Waals surface area (Å²) in [5.41, 5.74) is 5.78. The molecule has 0 aliphatic carbocycles. The highest BCUT2D eigenvalue weighted by atomic mass is 28.3. The molecule has 112 valence electrons. The molecule has 0 saturated heterocycles. The van der Waals surface area contributed by atoms with E-state index in [4.69, 9.17) is 4.98 Å². The fourth-order valence-electron chi connectivity index (χ4n) is 2.72. The number of nitrogens with zero attached hydrogens (tertiary/aromatic N) is 2. The van der Waals surface area contributed by atoms with E-state index in [1.807, 2.05) is 13.8 Å². The molecule has 2 nitrogen and oxygen atoms in total. The largest absolute Gasteiger partial charge is 0.258 e. The van der Waals surface area contributed by atoms with Gasteiger partial charge in [0.2, 0.25) is 0 Å². The van der Waals surface area contributed by atoms with Crippen molar-refractivity contribution in [2.45, 2.75) is 53.3 Å². The monoisotopic (exact) mass is 298 g/mol. The maximum absolute atomic E-state index is 4.75. The maximum atomic E-state index is 4.75. The first-order chi connectivity index (χ1) is 9.68. The van der Waals surface area contributed by atoms with Crippen molar-refractivity contribution in [1.82, 2.24) is 9.97 Å². The van der Waals surface area contributed by atoms with Gasteiger partial charge in [0.25, 0.3) is 0 Å². The van der Waals surface area contributed by atoms with Crippen LogP contribution < -0.4 is 5.19 Å². The second-order valence-electron chi connectivity index (χ2n) is 7.20. The van der Waals surface area contributed by atoms with Crippen molar-refractivity contribution in [3.63, 3.8) is 0 Å². The third-order valence-corrected chi connectivity index (χ3v) is 5.78. The van der Waals surface area contributed by atoms with Crippen LogP contribution in [0.4, 0.5) is 0 Å². The van der Waals surface area contributed by atoms with E-state index >= 15 is 0 Å². The Morgan fingerprint density at radius 1 is 0.952 bits per heavy atom. The van der Waals surface area contributed by atoms with E-state index in [0.29, 0.717) is 5.92 Å². The summed E-state index contributed by atoms with van der Waals surface area (Å²) in [6.07, 6.45) is 2.11. The molecule has 0 amide bonds. The van der Waals surface area contributed by atoms with Crippen LogP contribution in [0.1, 0.15) is 36.7 Å². The summed E-state index contributed by atoms with van der Waals surface area (Å²) in [5.74, 6) is 0.525. The molecule has 0 radical (unpaired) electrons. The number of aryl methyl sites for hydroxylation is 2. The van der Waals surface area contributed by atoms with Crippen LogP contribution in [0.2, 0.25) is 19.6 Å². The standard InChI is InChI=1S/C18H26N2Si/c1-12(2)16-10-17(19-11-18(16)21(5,6)7)15-8-13(3)20-14(4)9-15/h8-12H,1-7H3. The summed E-state index contributed by atoms with van der Waals surface area (Å²) in [6.45, 7) is 15.8. The van der Waals surface area contributed by atoms with E-state index < -0.39 is 8.07 Å². The van der Waals surface area contributed by atoms with Crippen LogP contribution in [-0.4, -0.2) is 18.0 Å². The van der Waals surface area contributed by atoms with Gasteiger partial charge in [-0.15, -0.1) is 0 Å². The van der Waals surface area contributed by atoms with E-state index in [9.17, 15) is 0 Å². The van der Waals surface area contributed by atoms with Crippen LogP contribution >= 0.6 is 0 Å². The Labute approximate surface area is 129 Å². The number of hydrogen-bond acceptors (Lipinski definition) is 2. The molecule has 2 aromatic heterocycles. The van der Waals surface area contributed by atoms with E-state index in [1.165, 1.54) is 16.3 Å². The van der Waals surface area contributed by atoms with Gasteiger partial charge >= 0.3 is 0 Å². The van der Waals surface area contributed by atoms with Gasteiger partial charge in [-0.25, -0.2) is 0 Å². The molecule has 3 heteroatoms. The summed E-state index contributed by atoms with van der Waals surface area (Å²) in [4.78, 5) is 9.20. The van der Waals surface area contributed by atoms with Crippen LogP contribution in [0.25, 0.3) is 11.3 Å². The lowest BCUT2D eigenvalue weighted by Crippen LogP contribution is -2.40. The van der Waals surface area contributed by atoms with Gasteiger partial charge in [-0.3, -0.25) is 9.97 Å². The summed E-state index contributed by atoms with van der Waals surface area (Å²) < 4.78 is 0. The first kappa shape index (κ1) is 15.9.